The highest BCUT2D eigenvalue weighted by Gasteiger charge is 2.37. The van der Waals surface area contributed by atoms with Gasteiger partial charge in [-0.3, -0.25) is 14.5 Å². The number of nitrogens with zero attached hydrogens (tertiary/aromatic N) is 4. The molecule has 34 heavy (non-hydrogen) atoms. The molecule has 0 aliphatic carbocycles. The van der Waals surface area contributed by atoms with E-state index in [0.717, 1.165) is 16.2 Å². The summed E-state index contributed by atoms with van der Waals surface area (Å²) in [7, 11) is 1.60. The maximum absolute atomic E-state index is 13.3. The van der Waals surface area contributed by atoms with E-state index in [9.17, 15) is 14.9 Å². The van der Waals surface area contributed by atoms with Crippen molar-refractivity contribution in [2.45, 2.75) is 26.8 Å². The van der Waals surface area contributed by atoms with Gasteiger partial charge in [0, 0.05) is 28.9 Å². The van der Waals surface area contributed by atoms with Gasteiger partial charge in [-0.25, -0.2) is 4.68 Å². The number of hydrogen-bond acceptors (Lipinski definition) is 5. The van der Waals surface area contributed by atoms with Gasteiger partial charge in [0.15, 0.2) is 0 Å². The zero-order valence-electron chi connectivity index (χ0n) is 19.4. The fourth-order valence-electron chi connectivity index (χ4n) is 3.92. The van der Waals surface area contributed by atoms with Crippen LogP contribution in [0.3, 0.4) is 0 Å². The van der Waals surface area contributed by atoms with Gasteiger partial charge in [-0.1, -0.05) is 30.3 Å². The molecular formula is C27H24N4O3. The van der Waals surface area contributed by atoms with Crippen molar-refractivity contribution >= 4 is 17.9 Å². The molecule has 2 aromatic carbocycles. The van der Waals surface area contributed by atoms with Crippen LogP contribution in [0.2, 0.25) is 0 Å². The standard InChI is InChI=1S/C27H24N4O3/c1-17(2)31-26(32)23(18(3)24(15-28)27(31)33)14-20-16-30(21-10-6-5-7-11-21)29-25(20)19-9-8-12-22(13-19)34-4/h5-14,16-17H,1-4H3/b23-14+. The zero-order valence-corrected chi connectivity index (χ0v) is 19.4. The van der Waals surface area contributed by atoms with Crippen molar-refractivity contribution in [3.63, 3.8) is 0 Å². The summed E-state index contributed by atoms with van der Waals surface area (Å²) in [6, 6.07) is 18.7. The van der Waals surface area contributed by atoms with E-state index in [1.807, 2.05) is 66.9 Å². The summed E-state index contributed by atoms with van der Waals surface area (Å²) in [5.74, 6) is -0.316. The number of benzene rings is 2. The van der Waals surface area contributed by atoms with Gasteiger partial charge in [-0.15, -0.1) is 0 Å². The van der Waals surface area contributed by atoms with Crippen molar-refractivity contribution in [2.24, 2.45) is 0 Å². The van der Waals surface area contributed by atoms with E-state index in [-0.39, 0.29) is 11.6 Å². The van der Waals surface area contributed by atoms with Crippen molar-refractivity contribution in [2.75, 3.05) is 7.11 Å². The third-order valence-electron chi connectivity index (χ3n) is 5.70. The quantitative estimate of drug-likeness (QED) is 0.419. The van der Waals surface area contributed by atoms with E-state index in [1.54, 1.807) is 38.6 Å². The molecule has 2 heterocycles. The molecule has 1 aliphatic heterocycles. The molecule has 0 radical (unpaired) electrons. The maximum Gasteiger partial charge on any atom is 0.271 e. The number of methoxy groups -OCH3 is 1. The Kier molecular flexibility index (Phi) is 6.15. The molecule has 1 aromatic heterocycles. The van der Waals surface area contributed by atoms with Gasteiger partial charge in [-0.2, -0.15) is 10.4 Å². The van der Waals surface area contributed by atoms with Crippen molar-refractivity contribution in [3.8, 4) is 28.8 Å². The molecule has 7 heteroatoms. The van der Waals surface area contributed by atoms with E-state index in [1.165, 1.54) is 0 Å². The molecule has 0 saturated heterocycles. The molecule has 0 atom stereocenters. The van der Waals surface area contributed by atoms with Crippen LogP contribution >= 0.6 is 0 Å². The zero-order chi connectivity index (χ0) is 24.4. The predicted octanol–water partition coefficient (Wildman–Crippen LogP) is 4.55. The highest BCUT2D eigenvalue weighted by atomic mass is 16.5. The first-order valence-corrected chi connectivity index (χ1v) is 10.9. The Balaban J connectivity index is 1.95. The molecule has 7 nitrogen and oxygen atoms in total. The van der Waals surface area contributed by atoms with Crippen LogP contribution in [-0.4, -0.2) is 39.6 Å². The third kappa shape index (κ3) is 4.02. The predicted molar refractivity (Wildman–Crippen MR) is 129 cm³/mol. The number of ether oxygens (including phenoxy) is 1. The molecule has 0 N–H and O–H groups in total. The topological polar surface area (TPSA) is 88.2 Å². The van der Waals surface area contributed by atoms with Gasteiger partial charge in [-0.05, 0) is 56.7 Å². The van der Waals surface area contributed by atoms with E-state index < -0.39 is 11.8 Å². The first-order valence-electron chi connectivity index (χ1n) is 10.9. The normalized spacial score (nSPS) is 15.3. The summed E-state index contributed by atoms with van der Waals surface area (Å²) in [5.41, 5.74) is 3.61. The van der Waals surface area contributed by atoms with Crippen LogP contribution in [0.25, 0.3) is 23.0 Å². The molecule has 3 aromatic rings. The van der Waals surface area contributed by atoms with Crippen LogP contribution in [0.15, 0.2) is 77.5 Å². The molecule has 0 fully saturated rings. The molecular weight excluding hydrogens is 428 g/mol. The number of rotatable bonds is 5. The van der Waals surface area contributed by atoms with Crippen molar-refractivity contribution < 1.29 is 14.3 Å². The third-order valence-corrected chi connectivity index (χ3v) is 5.70. The summed E-state index contributed by atoms with van der Waals surface area (Å²) in [6.07, 6.45) is 3.54. The molecule has 0 saturated carbocycles. The second kappa shape index (κ2) is 9.20. The molecule has 1 aliphatic rings. The van der Waals surface area contributed by atoms with Gasteiger partial charge in [0.2, 0.25) is 0 Å². The average molecular weight is 453 g/mol. The van der Waals surface area contributed by atoms with Gasteiger partial charge in [0.25, 0.3) is 11.8 Å². The number of nitriles is 1. The van der Waals surface area contributed by atoms with Crippen LogP contribution in [0.5, 0.6) is 5.75 Å². The van der Waals surface area contributed by atoms with Crippen LogP contribution < -0.4 is 4.74 Å². The SMILES string of the molecule is COc1cccc(-c2nn(-c3ccccc3)cc2/C=C2/C(=O)N(C(C)C)C(=O)C(C#N)=C2C)c1. The van der Waals surface area contributed by atoms with Gasteiger partial charge in [0.05, 0.1) is 12.8 Å². The first kappa shape index (κ1) is 22.7. The molecule has 0 unspecified atom stereocenters. The van der Waals surface area contributed by atoms with E-state index in [4.69, 9.17) is 9.84 Å². The lowest BCUT2D eigenvalue weighted by molar-refractivity contribution is -0.142. The molecule has 2 amide bonds. The first-order chi connectivity index (χ1) is 16.3. The molecule has 4 rings (SSSR count). The Hall–Kier alpha value is -4.44. The fraction of sp³-hybridized carbons (Fsp3) is 0.185. The summed E-state index contributed by atoms with van der Waals surface area (Å²) < 4.78 is 7.12. The summed E-state index contributed by atoms with van der Waals surface area (Å²) in [5, 5.41) is 14.4. The summed E-state index contributed by atoms with van der Waals surface area (Å²) >= 11 is 0. The van der Waals surface area contributed by atoms with E-state index in [2.05, 4.69) is 0 Å². The number of carbonyl (C=O) groups excluding carboxylic acids is 2. The second-order valence-corrected chi connectivity index (χ2v) is 8.19. The fourth-order valence-corrected chi connectivity index (χ4v) is 3.92. The van der Waals surface area contributed by atoms with Crippen LogP contribution in [0.4, 0.5) is 0 Å². The summed E-state index contributed by atoms with van der Waals surface area (Å²) in [4.78, 5) is 27.2. The lowest BCUT2D eigenvalue weighted by Crippen LogP contribution is -2.46. The highest BCUT2D eigenvalue weighted by molar-refractivity contribution is 6.20. The highest BCUT2D eigenvalue weighted by Crippen LogP contribution is 2.32. The minimum atomic E-state index is -0.565. The lowest BCUT2D eigenvalue weighted by Gasteiger charge is -2.30. The van der Waals surface area contributed by atoms with Crippen LogP contribution in [0.1, 0.15) is 26.3 Å². The monoisotopic (exact) mass is 452 g/mol. The number of amides is 2. The molecule has 0 spiro atoms. The van der Waals surface area contributed by atoms with E-state index >= 15 is 0 Å². The Bertz CT molecular complexity index is 1370. The Morgan fingerprint density at radius 3 is 2.44 bits per heavy atom. The second-order valence-electron chi connectivity index (χ2n) is 8.19. The van der Waals surface area contributed by atoms with Crippen LogP contribution in [0, 0.1) is 11.3 Å². The average Bonchev–Trinajstić information content (AvgIpc) is 3.26. The Morgan fingerprint density at radius 1 is 1.06 bits per heavy atom. The number of carbonyl (C=O) groups is 2. The minimum Gasteiger partial charge on any atom is -0.497 e. The number of aromatic nitrogens is 2. The van der Waals surface area contributed by atoms with Gasteiger partial charge < -0.3 is 4.74 Å². The van der Waals surface area contributed by atoms with Crippen molar-refractivity contribution in [3.05, 3.63) is 83.1 Å². The van der Waals surface area contributed by atoms with Crippen molar-refractivity contribution in [1.82, 2.24) is 14.7 Å². The Morgan fingerprint density at radius 2 is 1.79 bits per heavy atom. The summed E-state index contributed by atoms with van der Waals surface area (Å²) in [6.45, 7) is 5.13. The number of para-hydroxylation sites is 1. The number of imide groups is 1. The number of hydrogen-bond donors (Lipinski definition) is 0. The molecule has 0 bridgehead atoms. The van der Waals surface area contributed by atoms with E-state index in [0.29, 0.717) is 28.2 Å². The van der Waals surface area contributed by atoms with Crippen molar-refractivity contribution in [1.29, 1.82) is 5.26 Å². The largest absolute Gasteiger partial charge is 0.497 e. The van der Waals surface area contributed by atoms with Gasteiger partial charge >= 0.3 is 0 Å². The Labute approximate surface area is 198 Å². The minimum absolute atomic E-state index is 0.0297. The van der Waals surface area contributed by atoms with Crippen LogP contribution in [-0.2, 0) is 9.59 Å². The smallest absolute Gasteiger partial charge is 0.271 e. The lowest BCUT2D eigenvalue weighted by atomic mass is 9.92. The molecule has 170 valence electrons. The van der Waals surface area contributed by atoms with Gasteiger partial charge in [0.1, 0.15) is 23.1 Å². The maximum atomic E-state index is 13.3.